The Morgan fingerprint density at radius 3 is 1.39 bits per heavy atom. The second kappa shape index (κ2) is 21.2. The first-order chi connectivity index (χ1) is 29.6. The number of likely N-dealkylation sites (N-methyl/N-ethyl adjacent to an activating group) is 1. The molecule has 332 valence electrons. The van der Waals surface area contributed by atoms with Crippen molar-refractivity contribution in [3.8, 4) is 0 Å². The lowest BCUT2D eigenvalue weighted by Gasteiger charge is -2.22. The molecule has 17 N–H and O–H groups in total. The lowest BCUT2D eigenvalue weighted by Crippen LogP contribution is -2.43. The van der Waals surface area contributed by atoms with Crippen molar-refractivity contribution in [2.24, 2.45) is 15.0 Å². The monoisotopic (exact) mass is 869 g/mol. The zero-order valence-corrected chi connectivity index (χ0v) is 33.1. The van der Waals surface area contributed by atoms with E-state index in [4.69, 9.17) is 0 Å². The van der Waals surface area contributed by atoms with E-state index in [1.165, 1.54) is 27.9 Å². The van der Waals surface area contributed by atoms with Crippen molar-refractivity contribution < 1.29 is 40.5 Å². The Hall–Kier alpha value is -7.40. The summed E-state index contributed by atoms with van der Waals surface area (Å²) in [5, 5.41) is 99.8. The highest BCUT2D eigenvalue weighted by atomic mass is 16.4. The molecular formula is C29H43N25O8. The first-order valence-corrected chi connectivity index (χ1v) is 18.0. The van der Waals surface area contributed by atoms with Gasteiger partial charge in [0.2, 0.25) is 53.5 Å². The smallest absolute Gasteiger partial charge is 0.255 e. The van der Waals surface area contributed by atoms with Crippen LogP contribution in [0.5, 0.6) is 0 Å². The summed E-state index contributed by atoms with van der Waals surface area (Å²) in [6.07, 6.45) is -9.17. The molecule has 33 heteroatoms. The molecule has 62 heavy (non-hydrogen) atoms. The van der Waals surface area contributed by atoms with Crippen LogP contribution in [0.15, 0.2) is 15.0 Å². The van der Waals surface area contributed by atoms with Crippen molar-refractivity contribution >= 4 is 95.9 Å². The molecule has 1 aliphatic heterocycles. The third kappa shape index (κ3) is 13.3. The second-order valence-electron chi connectivity index (χ2n) is 12.3. The van der Waals surface area contributed by atoms with Crippen LogP contribution in [0, 0.1) is 0 Å². The fourth-order valence-corrected chi connectivity index (χ4v) is 4.45. The molecule has 5 heterocycles. The lowest BCUT2D eigenvalue weighted by molar-refractivity contribution is -0.123. The highest BCUT2D eigenvalue weighted by Crippen LogP contribution is 2.18. The van der Waals surface area contributed by atoms with Gasteiger partial charge in [-0.3, -0.25) is 15.4 Å². The number of aliphatic hydroxyl groups excluding tert-OH is 7. The summed E-state index contributed by atoms with van der Waals surface area (Å²) in [5.41, 5.74) is 0. The highest BCUT2D eigenvalue weighted by molar-refractivity contribution is 6.17. The first-order valence-electron chi connectivity index (χ1n) is 18.0. The van der Waals surface area contributed by atoms with Gasteiger partial charge in [-0.05, 0) is 20.9 Å². The largest absolute Gasteiger partial charge is 0.390 e. The van der Waals surface area contributed by atoms with Crippen LogP contribution in [0.4, 0.5) is 71.4 Å². The Labute approximate surface area is 348 Å². The summed E-state index contributed by atoms with van der Waals surface area (Å²) in [4.78, 5) is 73.5. The van der Waals surface area contributed by atoms with Crippen molar-refractivity contribution in [3.05, 3.63) is 0 Å². The van der Waals surface area contributed by atoms with E-state index in [1.54, 1.807) is 7.05 Å². The Morgan fingerprint density at radius 1 is 0.548 bits per heavy atom. The average molecular weight is 870 g/mol. The summed E-state index contributed by atoms with van der Waals surface area (Å²) in [7, 11) is 4.56. The van der Waals surface area contributed by atoms with Gasteiger partial charge in [-0.15, -0.1) is 0 Å². The first kappa shape index (κ1) is 45.7. The van der Waals surface area contributed by atoms with Gasteiger partial charge < -0.3 is 78.3 Å². The molecule has 8 atom stereocenters. The summed E-state index contributed by atoms with van der Waals surface area (Å²) in [6, 6.07) is 0. The molecular weight excluding hydrogens is 826 g/mol. The van der Waals surface area contributed by atoms with Crippen molar-refractivity contribution in [2.75, 3.05) is 69.0 Å². The lowest BCUT2D eigenvalue weighted by atomic mass is 10.3. The number of hydrogen-bond donors (Lipinski definition) is 17. The molecule has 8 bridgehead atoms. The van der Waals surface area contributed by atoms with Crippen LogP contribution in [0.3, 0.4) is 0 Å². The predicted octanol–water partition coefficient (Wildman–Crippen LogP) is -4.96. The summed E-state index contributed by atoms with van der Waals surface area (Å²) < 4.78 is 0. The van der Waals surface area contributed by atoms with Gasteiger partial charge >= 0.3 is 0 Å². The molecule has 0 spiro atoms. The molecule has 0 saturated heterocycles. The van der Waals surface area contributed by atoms with E-state index in [0.29, 0.717) is 0 Å². The van der Waals surface area contributed by atoms with Crippen LogP contribution >= 0.6 is 0 Å². The minimum atomic E-state index is -1.95. The number of fused-ring (bicyclic) bond motifs is 8. The number of aliphatic imine (C=N–C) groups is 3. The van der Waals surface area contributed by atoms with Gasteiger partial charge in [-0.1, -0.05) is 0 Å². The summed E-state index contributed by atoms with van der Waals surface area (Å²) in [5.74, 6) is -4.06. The van der Waals surface area contributed by atoms with Crippen LogP contribution in [-0.4, -0.2) is 191 Å². The number of rotatable bonds is 8. The molecule has 5 rings (SSSR count). The maximum atomic E-state index is 12.3. The van der Waals surface area contributed by atoms with E-state index >= 15 is 0 Å². The van der Waals surface area contributed by atoms with E-state index in [-0.39, 0.29) is 53.5 Å². The van der Waals surface area contributed by atoms with Crippen molar-refractivity contribution in [2.45, 2.75) is 63.4 Å². The number of carbonyl (C=O) groups excluding carboxylic acids is 1. The molecule has 4 aromatic rings. The summed E-state index contributed by atoms with van der Waals surface area (Å²) >= 11 is 0. The van der Waals surface area contributed by atoms with E-state index in [1.807, 2.05) is 0 Å². The van der Waals surface area contributed by atoms with Crippen LogP contribution in [0.25, 0.3) is 0 Å². The SMILES string of the molecule is CNc1nc2nc(n1)NC(O)C(O)Nc1nc(nc(NC)n1)/N=C/C(O)Nc1nc(NC(=O)[C@H](C)O)nc(n1)NC(O)C(O)Nc1nc(nc(NC(NC)[C@@H](C)O)n1)/N=C/C=N/2. The number of aliphatic hydroxyl groups is 7. The van der Waals surface area contributed by atoms with Crippen molar-refractivity contribution in [1.29, 1.82) is 0 Å². The molecule has 0 aromatic carbocycles. The Kier molecular flexibility index (Phi) is 15.6. The zero-order chi connectivity index (χ0) is 44.9. The number of nitrogens with zero attached hydrogens (tertiary/aromatic N) is 15. The molecule has 0 fully saturated rings. The van der Waals surface area contributed by atoms with Crippen LogP contribution in [0.2, 0.25) is 0 Å². The number of amides is 1. The molecule has 1 aliphatic rings. The van der Waals surface area contributed by atoms with Gasteiger partial charge in [0, 0.05) is 26.5 Å². The van der Waals surface area contributed by atoms with Crippen LogP contribution < -0.4 is 53.2 Å². The molecule has 0 saturated carbocycles. The predicted molar refractivity (Wildman–Crippen MR) is 219 cm³/mol. The number of aromatic nitrogens is 12. The van der Waals surface area contributed by atoms with Gasteiger partial charge in [0.25, 0.3) is 23.8 Å². The standard InChI is InChI=1S/C29H43N25O8/c1-9(55)12(30-3)37-24-47-21-34-7-6-33-20-43-18(31-4)45-26(48-20)39-14(59)15(60)40-27-46-19(32-5)44-22(50-27)35-8-11(57)36-23-51-25(38-13(58)10(2)56)54-29(52-23)42-17(62)16(61)41-28(49-21)53-24/h6-12,14-17,30,55-57,59-62H,1-5H3,(H2,31,39,43,45,48)(H2,32,40,44,46,50)(H2,37,41,47,49,53)(H3,36,38,42,51,52,54,58)/b33-6+,34-7+,35-8+/t9-,10+,11?,12?,14?,15?,16?,17?/m1/s1. The van der Waals surface area contributed by atoms with Crippen molar-refractivity contribution in [3.63, 3.8) is 0 Å². The summed E-state index contributed by atoms with van der Waals surface area (Å²) in [6.45, 7) is 2.68. The third-order valence-electron chi connectivity index (χ3n) is 7.41. The minimum absolute atomic E-state index is 0.0191. The topological polar surface area (TPSA) is 471 Å². The quantitative estimate of drug-likeness (QED) is 0.0737. The van der Waals surface area contributed by atoms with E-state index in [9.17, 15) is 40.5 Å². The number of hydrogen-bond acceptors (Lipinski definition) is 32. The van der Waals surface area contributed by atoms with Gasteiger partial charge in [-0.25, -0.2) is 15.0 Å². The van der Waals surface area contributed by atoms with Crippen LogP contribution in [0.1, 0.15) is 13.8 Å². The number of nitrogens with one attached hydrogen (secondary N) is 10. The minimum Gasteiger partial charge on any atom is -0.390 e. The average Bonchev–Trinajstić information content (AvgIpc) is 3.22. The van der Waals surface area contributed by atoms with E-state index < -0.39 is 73.3 Å². The fraction of sp³-hybridized carbons (Fsp3) is 0.448. The molecule has 4 aromatic heterocycles. The van der Waals surface area contributed by atoms with Gasteiger partial charge in [0.1, 0.15) is 12.3 Å². The number of anilines is 9. The molecule has 6 unspecified atom stereocenters. The number of carbonyl (C=O) groups is 1. The Morgan fingerprint density at radius 2 is 0.952 bits per heavy atom. The normalized spacial score (nSPS) is 22.4. The maximum Gasteiger partial charge on any atom is 0.255 e. The molecule has 0 aliphatic carbocycles. The molecule has 33 nitrogen and oxygen atoms in total. The van der Waals surface area contributed by atoms with Gasteiger partial charge in [0.15, 0.2) is 31.1 Å². The van der Waals surface area contributed by atoms with Crippen LogP contribution in [-0.2, 0) is 4.79 Å². The second-order valence-corrected chi connectivity index (χ2v) is 12.3. The highest BCUT2D eigenvalue weighted by Gasteiger charge is 2.23. The molecule has 1 amide bonds. The fourth-order valence-electron chi connectivity index (χ4n) is 4.45. The molecule has 0 radical (unpaired) electrons. The third-order valence-corrected chi connectivity index (χ3v) is 7.41. The van der Waals surface area contributed by atoms with E-state index in [2.05, 4.69) is 128 Å². The maximum absolute atomic E-state index is 12.3. The van der Waals surface area contributed by atoms with E-state index in [0.717, 1.165) is 18.6 Å². The Bertz CT molecular complexity index is 2230. The zero-order valence-electron chi connectivity index (χ0n) is 33.1. The Balaban J connectivity index is 1.54. The van der Waals surface area contributed by atoms with Gasteiger partial charge in [0.05, 0.1) is 12.3 Å². The van der Waals surface area contributed by atoms with Crippen molar-refractivity contribution in [1.82, 2.24) is 65.1 Å². The van der Waals surface area contributed by atoms with Gasteiger partial charge in [-0.2, -0.15) is 59.8 Å².